The maximum Gasteiger partial charge on any atom is 0.156 e. The molecule has 4 heteroatoms. The van der Waals surface area contributed by atoms with Gasteiger partial charge >= 0.3 is 0 Å². The first kappa shape index (κ1) is 11.4. The van der Waals surface area contributed by atoms with Crippen molar-refractivity contribution in [3.63, 3.8) is 0 Å². The van der Waals surface area contributed by atoms with Gasteiger partial charge in [-0.25, -0.2) is 0 Å². The van der Waals surface area contributed by atoms with E-state index in [2.05, 4.69) is 39.6 Å². The third-order valence-electron chi connectivity index (χ3n) is 3.54. The lowest BCUT2D eigenvalue weighted by Crippen LogP contribution is -2.39. The number of anilines is 1. The van der Waals surface area contributed by atoms with Crippen LogP contribution in [0.4, 0.5) is 5.82 Å². The van der Waals surface area contributed by atoms with E-state index in [1.165, 1.54) is 19.4 Å². The van der Waals surface area contributed by atoms with Gasteiger partial charge in [0.15, 0.2) is 5.82 Å². The molecule has 1 saturated heterocycles. The number of nitrogens with zero attached hydrogens (tertiary/aromatic N) is 3. The summed E-state index contributed by atoms with van der Waals surface area (Å²) in [5.74, 6) is 0.911. The Morgan fingerprint density at radius 2 is 2.22 bits per heavy atom. The Kier molecular flexibility index (Phi) is 3.11. The topological polar surface area (TPSA) is 41.0 Å². The summed E-state index contributed by atoms with van der Waals surface area (Å²) < 4.78 is 0. The predicted molar refractivity (Wildman–Crippen MR) is 73.7 cm³/mol. The number of hydrogen-bond donors (Lipinski definition) is 1. The molecule has 18 heavy (non-hydrogen) atoms. The van der Waals surface area contributed by atoms with Crippen LogP contribution in [-0.2, 0) is 0 Å². The molecule has 4 nitrogen and oxygen atoms in total. The number of piperidine rings is 1. The Balaban J connectivity index is 1.86. The van der Waals surface area contributed by atoms with E-state index in [0.717, 1.165) is 23.1 Å². The van der Waals surface area contributed by atoms with Crippen molar-refractivity contribution in [2.45, 2.75) is 18.9 Å². The third kappa shape index (κ3) is 2.29. The van der Waals surface area contributed by atoms with Crippen LogP contribution < -0.4 is 5.32 Å². The largest absolute Gasteiger partial charge is 0.364 e. The molecule has 1 atom stereocenters. The molecule has 0 saturated carbocycles. The van der Waals surface area contributed by atoms with Crippen LogP contribution in [0.3, 0.4) is 0 Å². The highest BCUT2D eigenvalue weighted by Crippen LogP contribution is 2.21. The maximum absolute atomic E-state index is 4.25. The van der Waals surface area contributed by atoms with E-state index in [0.29, 0.717) is 6.04 Å². The van der Waals surface area contributed by atoms with Crippen molar-refractivity contribution in [2.24, 2.45) is 0 Å². The van der Waals surface area contributed by atoms with E-state index < -0.39 is 0 Å². The minimum Gasteiger partial charge on any atom is -0.364 e. The number of aromatic nitrogens is 2. The smallest absolute Gasteiger partial charge is 0.156 e. The molecule has 1 aliphatic rings. The average molecular weight is 242 g/mol. The van der Waals surface area contributed by atoms with Crippen molar-refractivity contribution < 1.29 is 0 Å². The molecule has 1 unspecified atom stereocenters. The van der Waals surface area contributed by atoms with Crippen LogP contribution in [-0.4, -0.2) is 41.3 Å². The second-order valence-corrected chi connectivity index (χ2v) is 5.03. The maximum atomic E-state index is 4.25. The van der Waals surface area contributed by atoms with Crippen LogP contribution >= 0.6 is 0 Å². The fourth-order valence-electron chi connectivity index (χ4n) is 2.61. The summed E-state index contributed by atoms with van der Waals surface area (Å²) in [5.41, 5.74) is 0. The Morgan fingerprint density at radius 1 is 1.33 bits per heavy atom. The van der Waals surface area contributed by atoms with Gasteiger partial charge in [-0.1, -0.05) is 24.3 Å². The molecule has 2 heterocycles. The molecule has 0 spiro atoms. The van der Waals surface area contributed by atoms with Gasteiger partial charge in [-0.3, -0.25) is 0 Å². The molecule has 1 aromatic carbocycles. The van der Waals surface area contributed by atoms with Crippen molar-refractivity contribution in [3.8, 4) is 0 Å². The summed E-state index contributed by atoms with van der Waals surface area (Å²) in [5, 5.41) is 14.1. The van der Waals surface area contributed by atoms with Gasteiger partial charge in [-0.2, -0.15) is 5.10 Å². The zero-order chi connectivity index (χ0) is 12.4. The molecule has 1 fully saturated rings. The van der Waals surface area contributed by atoms with Gasteiger partial charge in [0.2, 0.25) is 0 Å². The average Bonchev–Trinajstić information content (AvgIpc) is 2.39. The van der Waals surface area contributed by atoms with Gasteiger partial charge in [-0.15, -0.1) is 5.10 Å². The summed E-state index contributed by atoms with van der Waals surface area (Å²) in [4.78, 5) is 2.36. The molecule has 94 valence electrons. The molecular formula is C14H18N4. The lowest BCUT2D eigenvalue weighted by atomic mass is 10.1. The van der Waals surface area contributed by atoms with Crippen molar-refractivity contribution in [1.29, 1.82) is 0 Å². The number of benzene rings is 1. The Bertz CT molecular complexity index is 535. The standard InChI is InChI=1S/C14H18N4/c1-18-8-4-6-12(10-18)16-14-13-7-3-2-5-11(13)9-15-17-14/h2-3,5,7,9,12H,4,6,8,10H2,1H3,(H,16,17). The van der Waals surface area contributed by atoms with Gasteiger partial charge < -0.3 is 10.2 Å². The zero-order valence-electron chi connectivity index (χ0n) is 10.6. The molecule has 1 aromatic heterocycles. The highest BCUT2D eigenvalue weighted by atomic mass is 15.2. The Morgan fingerprint density at radius 3 is 3.11 bits per heavy atom. The second-order valence-electron chi connectivity index (χ2n) is 5.03. The fraction of sp³-hybridized carbons (Fsp3) is 0.429. The number of likely N-dealkylation sites (tertiary alicyclic amines) is 1. The molecule has 0 aliphatic carbocycles. The Hall–Kier alpha value is -1.68. The number of nitrogens with one attached hydrogen (secondary N) is 1. The lowest BCUT2D eigenvalue weighted by molar-refractivity contribution is 0.261. The lowest BCUT2D eigenvalue weighted by Gasteiger charge is -2.30. The van der Waals surface area contributed by atoms with Gasteiger partial charge in [0.05, 0.1) is 6.20 Å². The zero-order valence-corrected chi connectivity index (χ0v) is 10.6. The highest BCUT2D eigenvalue weighted by Gasteiger charge is 2.18. The molecule has 1 aliphatic heterocycles. The summed E-state index contributed by atoms with van der Waals surface area (Å²) >= 11 is 0. The van der Waals surface area contributed by atoms with Crippen molar-refractivity contribution in [1.82, 2.24) is 15.1 Å². The molecule has 0 amide bonds. The third-order valence-corrected chi connectivity index (χ3v) is 3.54. The summed E-state index contributed by atoms with van der Waals surface area (Å²) in [6, 6.07) is 8.72. The second kappa shape index (κ2) is 4.90. The van der Waals surface area contributed by atoms with Crippen LogP contribution in [0.25, 0.3) is 10.8 Å². The number of fused-ring (bicyclic) bond motifs is 1. The quantitative estimate of drug-likeness (QED) is 0.876. The van der Waals surface area contributed by atoms with Gasteiger partial charge in [0, 0.05) is 23.4 Å². The first-order valence-corrected chi connectivity index (χ1v) is 6.48. The fourth-order valence-corrected chi connectivity index (χ4v) is 2.61. The number of hydrogen-bond acceptors (Lipinski definition) is 4. The predicted octanol–water partition coefficient (Wildman–Crippen LogP) is 2.14. The minimum absolute atomic E-state index is 0.476. The normalized spacial score (nSPS) is 21.1. The first-order chi connectivity index (χ1) is 8.83. The molecular weight excluding hydrogens is 224 g/mol. The molecule has 0 bridgehead atoms. The number of rotatable bonds is 2. The van der Waals surface area contributed by atoms with Gasteiger partial charge in [0.25, 0.3) is 0 Å². The van der Waals surface area contributed by atoms with Crippen LogP contribution in [0.15, 0.2) is 30.5 Å². The number of likely N-dealkylation sites (N-methyl/N-ethyl adjacent to an activating group) is 1. The summed E-state index contributed by atoms with van der Waals surface area (Å²) in [7, 11) is 2.17. The monoisotopic (exact) mass is 242 g/mol. The summed E-state index contributed by atoms with van der Waals surface area (Å²) in [6.45, 7) is 2.27. The van der Waals surface area contributed by atoms with E-state index in [-0.39, 0.29) is 0 Å². The van der Waals surface area contributed by atoms with E-state index >= 15 is 0 Å². The first-order valence-electron chi connectivity index (χ1n) is 6.48. The van der Waals surface area contributed by atoms with Crippen molar-refractivity contribution in [2.75, 3.05) is 25.5 Å². The molecule has 0 radical (unpaired) electrons. The molecule has 1 N–H and O–H groups in total. The van der Waals surface area contributed by atoms with Gasteiger partial charge in [0.1, 0.15) is 0 Å². The van der Waals surface area contributed by atoms with Crippen LogP contribution in [0, 0.1) is 0 Å². The van der Waals surface area contributed by atoms with Crippen molar-refractivity contribution >= 4 is 16.6 Å². The van der Waals surface area contributed by atoms with Gasteiger partial charge in [-0.05, 0) is 26.4 Å². The van der Waals surface area contributed by atoms with E-state index in [4.69, 9.17) is 0 Å². The molecule has 3 rings (SSSR count). The summed E-state index contributed by atoms with van der Waals surface area (Å²) in [6.07, 6.45) is 4.26. The van der Waals surface area contributed by atoms with Crippen LogP contribution in [0.2, 0.25) is 0 Å². The highest BCUT2D eigenvalue weighted by molar-refractivity contribution is 5.90. The van der Waals surface area contributed by atoms with Crippen LogP contribution in [0.5, 0.6) is 0 Å². The van der Waals surface area contributed by atoms with Crippen molar-refractivity contribution in [3.05, 3.63) is 30.5 Å². The van der Waals surface area contributed by atoms with E-state index in [1.807, 2.05) is 18.3 Å². The minimum atomic E-state index is 0.476. The molecule has 2 aromatic rings. The van der Waals surface area contributed by atoms with E-state index in [1.54, 1.807) is 0 Å². The van der Waals surface area contributed by atoms with E-state index in [9.17, 15) is 0 Å². The Labute approximate surface area is 107 Å². The van der Waals surface area contributed by atoms with Crippen LogP contribution in [0.1, 0.15) is 12.8 Å². The SMILES string of the molecule is CN1CCCC(Nc2nncc3ccccc23)C1.